The normalized spacial score (nSPS) is 15.7. The zero-order valence-electron chi connectivity index (χ0n) is 21.9. The maximum absolute atomic E-state index is 12.7. The molecule has 1 saturated heterocycles. The number of aromatic amines is 1. The number of aromatic nitrogens is 4. The molecule has 0 spiro atoms. The highest BCUT2D eigenvalue weighted by atomic mass is 16.5. The second-order valence-corrected chi connectivity index (χ2v) is 9.96. The van der Waals surface area contributed by atoms with Crippen LogP contribution in [0, 0.1) is 0 Å². The smallest absolute Gasteiger partial charge is 0.259 e. The summed E-state index contributed by atoms with van der Waals surface area (Å²) in [5.41, 5.74) is 3.65. The summed E-state index contributed by atoms with van der Waals surface area (Å²) in [5, 5.41) is 13.7. The van der Waals surface area contributed by atoms with Gasteiger partial charge in [0, 0.05) is 62.3 Å². The van der Waals surface area contributed by atoms with E-state index in [0.717, 1.165) is 56.0 Å². The Hall–Kier alpha value is -4.44. The van der Waals surface area contributed by atoms with Crippen molar-refractivity contribution in [1.82, 2.24) is 25.1 Å². The van der Waals surface area contributed by atoms with Crippen molar-refractivity contribution >= 4 is 29.2 Å². The standard InChI is InChI=1S/C29H32N8O2/c1-39-25-5-3-2-4-23(25)28(38)31-22-10-6-20(7-11-22)19-36-14-16-37(17-15-36)29-30-13-12-26(33-29)32-27-18-24(34-35-27)21-8-9-21/h2-7,10-13,18,21H,8-9,14-17,19H2,1H3,(H,31,38)(H2,30,32,33,34,35). The molecule has 200 valence electrons. The van der Waals surface area contributed by atoms with Crippen LogP contribution in [0.3, 0.4) is 0 Å². The van der Waals surface area contributed by atoms with Gasteiger partial charge in [-0.3, -0.25) is 14.8 Å². The number of amides is 1. The van der Waals surface area contributed by atoms with Crippen LogP contribution in [-0.2, 0) is 6.54 Å². The Morgan fingerprint density at radius 3 is 2.59 bits per heavy atom. The fraction of sp³-hybridized carbons (Fsp3) is 0.310. The van der Waals surface area contributed by atoms with Gasteiger partial charge in [-0.25, -0.2) is 4.98 Å². The van der Waals surface area contributed by atoms with Gasteiger partial charge in [-0.15, -0.1) is 0 Å². The molecule has 2 aromatic heterocycles. The van der Waals surface area contributed by atoms with E-state index in [4.69, 9.17) is 9.72 Å². The summed E-state index contributed by atoms with van der Waals surface area (Å²) >= 11 is 0. The lowest BCUT2D eigenvalue weighted by atomic mass is 10.1. The summed E-state index contributed by atoms with van der Waals surface area (Å²) in [7, 11) is 1.56. The first-order valence-corrected chi connectivity index (χ1v) is 13.3. The number of methoxy groups -OCH3 is 1. The highest BCUT2D eigenvalue weighted by Gasteiger charge is 2.25. The minimum absolute atomic E-state index is 0.190. The Morgan fingerprint density at radius 1 is 1.03 bits per heavy atom. The van der Waals surface area contributed by atoms with E-state index in [2.05, 4.69) is 53.8 Å². The first kappa shape index (κ1) is 24.9. The molecule has 39 heavy (non-hydrogen) atoms. The average molecular weight is 525 g/mol. The second-order valence-electron chi connectivity index (χ2n) is 9.96. The number of carbonyl (C=O) groups excluding carboxylic acids is 1. The second kappa shape index (κ2) is 11.1. The summed E-state index contributed by atoms with van der Waals surface area (Å²) in [5.74, 6) is 3.26. The van der Waals surface area contributed by atoms with Crippen LogP contribution in [-0.4, -0.2) is 64.3 Å². The number of anilines is 4. The molecule has 0 atom stereocenters. The molecule has 1 aliphatic carbocycles. The maximum Gasteiger partial charge on any atom is 0.259 e. The number of nitrogens with one attached hydrogen (secondary N) is 3. The molecule has 3 heterocycles. The highest BCUT2D eigenvalue weighted by Crippen LogP contribution is 2.39. The molecular formula is C29H32N8O2. The lowest BCUT2D eigenvalue weighted by Gasteiger charge is -2.34. The van der Waals surface area contributed by atoms with E-state index in [-0.39, 0.29) is 5.91 Å². The zero-order valence-corrected chi connectivity index (χ0v) is 21.9. The predicted octanol–water partition coefficient (Wildman–Crippen LogP) is 4.40. The molecule has 2 aromatic carbocycles. The topological polar surface area (TPSA) is 111 Å². The van der Waals surface area contributed by atoms with Crippen molar-refractivity contribution in [3.63, 3.8) is 0 Å². The number of hydrogen-bond acceptors (Lipinski definition) is 8. The molecule has 1 saturated carbocycles. The highest BCUT2D eigenvalue weighted by molar-refractivity contribution is 6.06. The molecule has 1 amide bonds. The average Bonchev–Trinajstić information content (AvgIpc) is 3.73. The van der Waals surface area contributed by atoms with Crippen molar-refractivity contribution in [2.75, 3.05) is 48.8 Å². The number of para-hydroxylation sites is 1. The van der Waals surface area contributed by atoms with E-state index in [1.807, 2.05) is 30.3 Å². The van der Waals surface area contributed by atoms with Crippen molar-refractivity contribution in [1.29, 1.82) is 0 Å². The van der Waals surface area contributed by atoms with Gasteiger partial charge >= 0.3 is 0 Å². The summed E-state index contributed by atoms with van der Waals surface area (Å²) < 4.78 is 5.30. The molecule has 3 N–H and O–H groups in total. The van der Waals surface area contributed by atoms with Crippen molar-refractivity contribution in [2.45, 2.75) is 25.3 Å². The largest absolute Gasteiger partial charge is 0.496 e. The van der Waals surface area contributed by atoms with Crippen LogP contribution in [0.25, 0.3) is 0 Å². The van der Waals surface area contributed by atoms with E-state index >= 15 is 0 Å². The minimum Gasteiger partial charge on any atom is -0.496 e. The van der Waals surface area contributed by atoms with Gasteiger partial charge in [0.05, 0.1) is 12.7 Å². The monoisotopic (exact) mass is 524 g/mol. The van der Waals surface area contributed by atoms with E-state index in [9.17, 15) is 4.79 Å². The van der Waals surface area contributed by atoms with Crippen LogP contribution in [0.15, 0.2) is 66.9 Å². The summed E-state index contributed by atoms with van der Waals surface area (Å²) in [4.78, 5) is 26.5. The summed E-state index contributed by atoms with van der Waals surface area (Å²) in [6.45, 7) is 4.38. The van der Waals surface area contributed by atoms with Crippen molar-refractivity contribution in [3.05, 3.63) is 83.7 Å². The number of ether oxygens (including phenoxy) is 1. The van der Waals surface area contributed by atoms with Crippen molar-refractivity contribution < 1.29 is 9.53 Å². The third-order valence-electron chi connectivity index (χ3n) is 7.14. The predicted molar refractivity (Wildman–Crippen MR) is 151 cm³/mol. The summed E-state index contributed by atoms with van der Waals surface area (Å²) in [6.07, 6.45) is 4.26. The SMILES string of the molecule is COc1ccccc1C(=O)Nc1ccc(CN2CCN(c3nccc(Nc4cc(C5CC5)[nH]n4)n3)CC2)cc1. The molecule has 6 rings (SSSR count). The molecule has 0 bridgehead atoms. The molecular weight excluding hydrogens is 492 g/mol. The third kappa shape index (κ3) is 6.01. The van der Waals surface area contributed by atoms with Gasteiger partial charge in [0.1, 0.15) is 11.6 Å². The Labute approximate surface area is 227 Å². The van der Waals surface area contributed by atoms with Crippen LogP contribution < -0.4 is 20.3 Å². The molecule has 0 unspecified atom stereocenters. The Balaban J connectivity index is 0.998. The molecule has 2 aliphatic rings. The van der Waals surface area contributed by atoms with Gasteiger partial charge in [0.15, 0.2) is 5.82 Å². The lowest BCUT2D eigenvalue weighted by molar-refractivity contribution is 0.102. The van der Waals surface area contributed by atoms with E-state index in [1.54, 1.807) is 25.4 Å². The zero-order chi connectivity index (χ0) is 26.6. The van der Waals surface area contributed by atoms with E-state index in [0.29, 0.717) is 17.2 Å². The van der Waals surface area contributed by atoms with Crippen LogP contribution in [0.1, 0.15) is 40.4 Å². The van der Waals surface area contributed by atoms with Crippen LogP contribution in [0.2, 0.25) is 0 Å². The Kier molecular flexibility index (Phi) is 7.09. The number of nitrogens with zero attached hydrogens (tertiary/aromatic N) is 5. The third-order valence-corrected chi connectivity index (χ3v) is 7.14. The van der Waals surface area contributed by atoms with Gasteiger partial charge in [-0.05, 0) is 48.7 Å². The molecule has 1 aliphatic heterocycles. The van der Waals surface area contributed by atoms with Gasteiger partial charge in [-0.2, -0.15) is 10.1 Å². The lowest BCUT2D eigenvalue weighted by Crippen LogP contribution is -2.46. The quantitative estimate of drug-likeness (QED) is 0.295. The van der Waals surface area contributed by atoms with Crippen LogP contribution in [0.4, 0.5) is 23.3 Å². The fourth-order valence-electron chi connectivity index (χ4n) is 4.79. The molecule has 0 radical (unpaired) electrons. The number of H-pyrrole nitrogens is 1. The van der Waals surface area contributed by atoms with Crippen LogP contribution >= 0.6 is 0 Å². The summed E-state index contributed by atoms with van der Waals surface area (Å²) in [6, 6.07) is 19.1. The number of benzene rings is 2. The number of carbonyl (C=O) groups is 1. The molecule has 10 heteroatoms. The van der Waals surface area contributed by atoms with Gasteiger partial charge in [-0.1, -0.05) is 24.3 Å². The van der Waals surface area contributed by atoms with E-state index < -0.39 is 0 Å². The Bertz CT molecular complexity index is 1430. The van der Waals surface area contributed by atoms with E-state index in [1.165, 1.54) is 24.1 Å². The first-order chi connectivity index (χ1) is 19.1. The molecule has 4 aromatic rings. The van der Waals surface area contributed by atoms with Crippen molar-refractivity contribution in [3.8, 4) is 5.75 Å². The fourth-order valence-corrected chi connectivity index (χ4v) is 4.79. The van der Waals surface area contributed by atoms with Gasteiger partial charge < -0.3 is 20.3 Å². The maximum atomic E-state index is 12.7. The van der Waals surface area contributed by atoms with Crippen LogP contribution in [0.5, 0.6) is 5.75 Å². The van der Waals surface area contributed by atoms with Gasteiger partial charge in [0.2, 0.25) is 5.95 Å². The number of rotatable bonds is 9. The Morgan fingerprint density at radius 2 is 1.82 bits per heavy atom. The molecule has 2 fully saturated rings. The molecule has 10 nitrogen and oxygen atoms in total. The van der Waals surface area contributed by atoms with Crippen molar-refractivity contribution in [2.24, 2.45) is 0 Å². The first-order valence-electron chi connectivity index (χ1n) is 13.3. The number of hydrogen-bond donors (Lipinski definition) is 3. The number of piperazine rings is 1. The minimum atomic E-state index is -0.190. The van der Waals surface area contributed by atoms with Gasteiger partial charge in [0.25, 0.3) is 5.91 Å².